The first-order chi connectivity index (χ1) is 7.72. The lowest BCUT2D eigenvalue weighted by molar-refractivity contribution is 0.120. The van der Waals surface area contributed by atoms with E-state index in [1.54, 1.807) is 0 Å². The van der Waals surface area contributed by atoms with Gasteiger partial charge in [0.05, 0.1) is 6.20 Å². The van der Waals surface area contributed by atoms with Crippen LogP contribution in [0.15, 0.2) is 12.4 Å². The maximum absolute atomic E-state index is 6.07. The van der Waals surface area contributed by atoms with Gasteiger partial charge >= 0.3 is 0 Å². The van der Waals surface area contributed by atoms with E-state index in [1.165, 1.54) is 31.2 Å². The highest BCUT2D eigenvalue weighted by atomic mass is 15.3. The molecule has 0 spiro atoms. The SMILES string of the molecule is Cn1cc(CN2C3CCC2CC(N)C3)cn1. The molecule has 2 aliphatic heterocycles. The lowest BCUT2D eigenvalue weighted by atomic mass is 9.98. The molecule has 1 aromatic heterocycles. The average Bonchev–Trinajstić information content (AvgIpc) is 2.72. The van der Waals surface area contributed by atoms with Crippen LogP contribution in [0.1, 0.15) is 31.2 Å². The van der Waals surface area contributed by atoms with Gasteiger partial charge in [0.1, 0.15) is 0 Å². The fraction of sp³-hybridized carbons (Fsp3) is 0.750. The van der Waals surface area contributed by atoms with E-state index in [-0.39, 0.29) is 0 Å². The normalized spacial score (nSPS) is 34.5. The molecule has 0 radical (unpaired) electrons. The molecule has 0 aromatic carbocycles. The van der Waals surface area contributed by atoms with E-state index in [0.29, 0.717) is 18.1 Å². The van der Waals surface area contributed by atoms with Crippen molar-refractivity contribution in [1.82, 2.24) is 14.7 Å². The van der Waals surface area contributed by atoms with Crippen LogP contribution in [-0.4, -0.2) is 32.8 Å². The molecule has 2 bridgehead atoms. The smallest absolute Gasteiger partial charge is 0.0534 e. The summed E-state index contributed by atoms with van der Waals surface area (Å²) in [5.41, 5.74) is 7.40. The molecule has 16 heavy (non-hydrogen) atoms. The van der Waals surface area contributed by atoms with E-state index in [4.69, 9.17) is 5.73 Å². The van der Waals surface area contributed by atoms with Gasteiger partial charge in [0.15, 0.2) is 0 Å². The monoisotopic (exact) mass is 220 g/mol. The number of hydrogen-bond acceptors (Lipinski definition) is 3. The highest BCUT2D eigenvalue weighted by Gasteiger charge is 2.39. The summed E-state index contributed by atoms with van der Waals surface area (Å²) in [4.78, 5) is 2.64. The molecule has 4 heteroatoms. The fourth-order valence-electron chi connectivity index (χ4n) is 3.34. The molecule has 1 aromatic rings. The van der Waals surface area contributed by atoms with Crippen LogP contribution in [0.5, 0.6) is 0 Å². The first-order valence-corrected chi connectivity index (χ1v) is 6.21. The topological polar surface area (TPSA) is 47.1 Å². The Morgan fingerprint density at radius 1 is 1.38 bits per heavy atom. The molecule has 0 aliphatic carbocycles. The zero-order valence-corrected chi connectivity index (χ0v) is 9.84. The van der Waals surface area contributed by atoms with Gasteiger partial charge in [-0.3, -0.25) is 9.58 Å². The van der Waals surface area contributed by atoms with E-state index in [0.717, 1.165) is 6.54 Å². The van der Waals surface area contributed by atoms with E-state index < -0.39 is 0 Å². The van der Waals surface area contributed by atoms with Gasteiger partial charge < -0.3 is 5.73 Å². The first-order valence-electron chi connectivity index (χ1n) is 6.21. The molecule has 4 nitrogen and oxygen atoms in total. The minimum absolute atomic E-state index is 0.433. The van der Waals surface area contributed by atoms with Gasteiger partial charge in [0.2, 0.25) is 0 Å². The predicted octanol–water partition coefficient (Wildman–Crippen LogP) is 0.874. The molecule has 0 amide bonds. The predicted molar refractivity (Wildman–Crippen MR) is 62.8 cm³/mol. The molecule has 2 fully saturated rings. The van der Waals surface area contributed by atoms with Crippen LogP contribution in [0.4, 0.5) is 0 Å². The van der Waals surface area contributed by atoms with Crippen molar-refractivity contribution in [3.63, 3.8) is 0 Å². The summed E-state index contributed by atoms with van der Waals surface area (Å²) in [5.74, 6) is 0. The molecule has 3 heterocycles. The minimum atomic E-state index is 0.433. The summed E-state index contributed by atoms with van der Waals surface area (Å²) in [6.07, 6.45) is 9.12. The maximum atomic E-state index is 6.07. The fourth-order valence-corrected chi connectivity index (χ4v) is 3.34. The Balaban J connectivity index is 1.72. The van der Waals surface area contributed by atoms with E-state index >= 15 is 0 Å². The summed E-state index contributed by atoms with van der Waals surface area (Å²) in [7, 11) is 1.98. The van der Waals surface area contributed by atoms with Crippen LogP contribution >= 0.6 is 0 Å². The molecule has 0 saturated carbocycles. The summed E-state index contributed by atoms with van der Waals surface area (Å²) in [5, 5.41) is 4.23. The van der Waals surface area contributed by atoms with Crippen molar-refractivity contribution < 1.29 is 0 Å². The number of nitrogens with zero attached hydrogens (tertiary/aromatic N) is 3. The third kappa shape index (κ3) is 1.76. The van der Waals surface area contributed by atoms with Gasteiger partial charge in [0.25, 0.3) is 0 Å². The number of nitrogens with two attached hydrogens (primary N) is 1. The van der Waals surface area contributed by atoms with Crippen LogP contribution < -0.4 is 5.73 Å². The molecular weight excluding hydrogens is 200 g/mol. The Morgan fingerprint density at radius 3 is 2.62 bits per heavy atom. The average molecular weight is 220 g/mol. The van der Waals surface area contributed by atoms with Crippen molar-refractivity contribution >= 4 is 0 Å². The van der Waals surface area contributed by atoms with Crippen LogP contribution in [0.25, 0.3) is 0 Å². The standard InChI is InChI=1S/C12H20N4/c1-15-7-9(6-14-15)8-16-11-2-3-12(16)5-10(13)4-11/h6-7,10-12H,2-5,8,13H2,1H3. The van der Waals surface area contributed by atoms with Crippen LogP contribution in [0.2, 0.25) is 0 Å². The molecule has 88 valence electrons. The number of hydrogen-bond donors (Lipinski definition) is 1. The largest absolute Gasteiger partial charge is 0.328 e. The van der Waals surface area contributed by atoms with Gasteiger partial charge in [-0.2, -0.15) is 5.10 Å². The van der Waals surface area contributed by atoms with E-state index in [2.05, 4.69) is 16.2 Å². The van der Waals surface area contributed by atoms with Crippen molar-refractivity contribution in [2.45, 2.75) is 50.4 Å². The zero-order valence-electron chi connectivity index (χ0n) is 9.84. The van der Waals surface area contributed by atoms with Crippen molar-refractivity contribution in [1.29, 1.82) is 0 Å². The summed E-state index contributed by atoms with van der Waals surface area (Å²) in [6.45, 7) is 1.05. The number of piperidine rings is 1. The lowest BCUT2D eigenvalue weighted by Gasteiger charge is -2.37. The second-order valence-electron chi connectivity index (χ2n) is 5.31. The van der Waals surface area contributed by atoms with Gasteiger partial charge in [0, 0.05) is 43.5 Å². The van der Waals surface area contributed by atoms with Crippen molar-refractivity contribution in [3.8, 4) is 0 Å². The van der Waals surface area contributed by atoms with Gasteiger partial charge in [-0.1, -0.05) is 0 Å². The highest BCUT2D eigenvalue weighted by Crippen LogP contribution is 2.35. The van der Waals surface area contributed by atoms with Crippen LogP contribution in [-0.2, 0) is 13.6 Å². The number of fused-ring (bicyclic) bond motifs is 2. The van der Waals surface area contributed by atoms with Gasteiger partial charge in [-0.05, 0) is 25.7 Å². The van der Waals surface area contributed by atoms with Gasteiger partial charge in [-0.25, -0.2) is 0 Å². The zero-order chi connectivity index (χ0) is 11.1. The highest BCUT2D eigenvalue weighted by molar-refractivity contribution is 5.07. The van der Waals surface area contributed by atoms with Gasteiger partial charge in [-0.15, -0.1) is 0 Å². The van der Waals surface area contributed by atoms with E-state index in [1.807, 2.05) is 17.9 Å². The molecule has 2 aliphatic rings. The van der Waals surface area contributed by atoms with Crippen molar-refractivity contribution in [2.75, 3.05) is 0 Å². The third-order valence-electron chi connectivity index (χ3n) is 4.04. The Labute approximate surface area is 96.4 Å². The molecule has 2 atom stereocenters. The van der Waals surface area contributed by atoms with Crippen molar-refractivity contribution in [2.24, 2.45) is 12.8 Å². The lowest BCUT2D eigenvalue weighted by Crippen LogP contribution is -2.46. The van der Waals surface area contributed by atoms with Crippen LogP contribution in [0, 0.1) is 0 Å². The number of aromatic nitrogens is 2. The number of aryl methyl sites for hydroxylation is 1. The Morgan fingerprint density at radius 2 is 2.06 bits per heavy atom. The summed E-state index contributed by atoms with van der Waals surface area (Å²) >= 11 is 0. The minimum Gasteiger partial charge on any atom is -0.328 e. The van der Waals surface area contributed by atoms with Crippen molar-refractivity contribution in [3.05, 3.63) is 18.0 Å². The Kier molecular flexibility index (Phi) is 2.48. The third-order valence-corrected chi connectivity index (χ3v) is 4.04. The molecular formula is C12H20N4. The molecule has 2 N–H and O–H groups in total. The summed E-state index contributed by atoms with van der Waals surface area (Å²) in [6, 6.07) is 1.87. The summed E-state index contributed by atoms with van der Waals surface area (Å²) < 4.78 is 1.88. The second-order valence-corrected chi connectivity index (χ2v) is 5.31. The quantitative estimate of drug-likeness (QED) is 0.804. The Bertz CT molecular complexity index is 359. The molecule has 2 unspecified atom stereocenters. The maximum Gasteiger partial charge on any atom is 0.0534 e. The molecule has 3 rings (SSSR count). The van der Waals surface area contributed by atoms with Crippen LogP contribution in [0.3, 0.4) is 0 Å². The Hall–Kier alpha value is -0.870. The second kappa shape index (κ2) is 3.86. The van der Waals surface area contributed by atoms with E-state index in [9.17, 15) is 0 Å². The molecule has 2 saturated heterocycles. The number of rotatable bonds is 2. The first kappa shape index (κ1) is 10.3.